The van der Waals surface area contributed by atoms with Crippen LogP contribution in [-0.4, -0.2) is 29.5 Å². The van der Waals surface area contributed by atoms with Gasteiger partial charge in [-0.2, -0.15) is 0 Å². The number of benzene rings is 2. The lowest BCUT2D eigenvalue weighted by molar-refractivity contribution is 0.281. The fraction of sp³-hybridized carbons (Fsp3) is 0.292. The molecule has 182 valence electrons. The van der Waals surface area contributed by atoms with Crippen molar-refractivity contribution in [2.45, 2.75) is 46.2 Å². The highest BCUT2D eigenvalue weighted by Crippen LogP contribution is 2.41. The minimum atomic E-state index is -4.76. The Balaban J connectivity index is 1.90. The van der Waals surface area contributed by atoms with E-state index in [1.165, 1.54) is 0 Å². The fourth-order valence-corrected chi connectivity index (χ4v) is 4.85. The molecular weight excluding hydrogens is 485 g/mol. The third kappa shape index (κ3) is 5.42. The van der Waals surface area contributed by atoms with Gasteiger partial charge in [0, 0.05) is 23.9 Å². The van der Waals surface area contributed by atoms with E-state index in [9.17, 15) is 14.4 Å². The molecule has 11 heteroatoms. The minimum absolute atomic E-state index is 0.0840. The molecule has 2 aromatic heterocycles. The van der Waals surface area contributed by atoms with Gasteiger partial charge in [-0.15, -0.1) is 0 Å². The van der Waals surface area contributed by atoms with Crippen molar-refractivity contribution >= 4 is 53.0 Å². The summed E-state index contributed by atoms with van der Waals surface area (Å²) >= 11 is 4.69. The second-order valence-corrected chi connectivity index (χ2v) is 9.67. The minimum Gasteiger partial charge on any atom is -0.404 e. The van der Waals surface area contributed by atoms with Crippen LogP contribution in [-0.2, 0) is 24.1 Å². The Hall–Kier alpha value is -3.13. The van der Waals surface area contributed by atoms with Gasteiger partial charge >= 0.3 is 7.82 Å². The highest BCUT2D eigenvalue weighted by Gasteiger charge is 2.22. The van der Waals surface area contributed by atoms with Crippen molar-refractivity contribution in [1.82, 2.24) is 14.5 Å². The molecule has 4 aromatic rings. The smallest absolute Gasteiger partial charge is 0.404 e. The number of hydrogen-bond acceptors (Lipinski definition) is 7. The Morgan fingerprint density at radius 2 is 2.03 bits per heavy atom. The number of fused-ring (bicyclic) bond motifs is 3. The Labute approximate surface area is 207 Å². The molecule has 0 bridgehead atoms. The van der Waals surface area contributed by atoms with E-state index in [1.54, 1.807) is 6.92 Å². The third-order valence-corrected chi connectivity index (χ3v) is 6.27. The number of rotatable bonds is 9. The number of isothiocyanates is 1. The van der Waals surface area contributed by atoms with Crippen LogP contribution >= 0.6 is 20.0 Å². The Kier molecular flexibility index (Phi) is 7.31. The molecule has 9 nitrogen and oxygen atoms in total. The summed E-state index contributed by atoms with van der Waals surface area (Å²) in [6, 6.07) is 11.5. The van der Waals surface area contributed by atoms with Crippen molar-refractivity contribution in [2.24, 2.45) is 4.99 Å². The molecule has 0 radical (unpaired) electrons. The molecule has 0 amide bonds. The molecule has 0 saturated heterocycles. The van der Waals surface area contributed by atoms with E-state index in [4.69, 9.17) is 15.2 Å². The first kappa shape index (κ1) is 25.0. The number of phosphoric ester groups is 1. The Bertz CT molecular complexity index is 1510. The van der Waals surface area contributed by atoms with E-state index >= 15 is 0 Å². The summed E-state index contributed by atoms with van der Waals surface area (Å²) < 4.78 is 18.7. The van der Waals surface area contributed by atoms with Crippen molar-refractivity contribution < 1.29 is 18.9 Å². The first-order valence-electron chi connectivity index (χ1n) is 11.2. The van der Waals surface area contributed by atoms with Crippen LogP contribution in [0.2, 0.25) is 0 Å². The van der Waals surface area contributed by atoms with E-state index < -0.39 is 7.82 Å². The molecule has 2 aromatic carbocycles. The molecule has 35 heavy (non-hydrogen) atoms. The number of hydrogen-bond donors (Lipinski definition) is 3. The number of imidazole rings is 1. The molecule has 0 aliphatic heterocycles. The number of anilines is 1. The van der Waals surface area contributed by atoms with Gasteiger partial charge in [0.2, 0.25) is 0 Å². The van der Waals surface area contributed by atoms with Crippen LogP contribution in [0.3, 0.4) is 0 Å². The number of aromatic nitrogens is 3. The number of unbranched alkanes of at least 4 members (excludes halogenated alkanes) is 1. The van der Waals surface area contributed by atoms with E-state index in [0.717, 1.165) is 47.1 Å². The quantitative estimate of drug-likeness (QED) is 0.163. The molecule has 4 N–H and O–H groups in total. The monoisotopic (exact) mass is 511 g/mol. The summed E-state index contributed by atoms with van der Waals surface area (Å²) in [6.07, 6.45) is 2.77. The molecule has 0 unspecified atom stereocenters. The van der Waals surface area contributed by atoms with Gasteiger partial charge in [-0.1, -0.05) is 37.6 Å². The highest BCUT2D eigenvalue weighted by atomic mass is 32.1. The maximum absolute atomic E-state index is 11.5. The maximum Gasteiger partial charge on any atom is 0.524 e. The normalized spacial score (nSPS) is 11.7. The first-order chi connectivity index (χ1) is 16.7. The standard InChI is InChI=1S/C24H26N5O4PS/c1-3-4-9-20-28-21-22(18-7-5-6-8-19(18)27-24(21)25)29(20)13-16-10-15(2)23(33-34(30,31)32)17(11-16)12-26-14-35/h5-8,10-11H,3-4,9,12-13H2,1-2H3,(H2,25,27)(H2,30,31,32). The van der Waals surface area contributed by atoms with Crippen molar-refractivity contribution in [3.63, 3.8) is 0 Å². The predicted octanol–water partition coefficient (Wildman–Crippen LogP) is 4.94. The van der Waals surface area contributed by atoms with Gasteiger partial charge in [0.05, 0.1) is 22.7 Å². The van der Waals surface area contributed by atoms with Gasteiger partial charge in [0.1, 0.15) is 17.1 Å². The van der Waals surface area contributed by atoms with Crippen molar-refractivity contribution in [3.05, 3.63) is 58.9 Å². The van der Waals surface area contributed by atoms with Gasteiger partial charge < -0.3 is 14.8 Å². The first-order valence-corrected chi connectivity index (χ1v) is 13.1. The summed E-state index contributed by atoms with van der Waals surface area (Å²) in [7, 11) is -4.76. The summed E-state index contributed by atoms with van der Waals surface area (Å²) in [5, 5.41) is 3.25. The molecule has 0 aliphatic carbocycles. The zero-order valence-corrected chi connectivity index (χ0v) is 21.1. The average Bonchev–Trinajstić information content (AvgIpc) is 3.16. The Morgan fingerprint density at radius 1 is 1.26 bits per heavy atom. The third-order valence-electron chi connectivity index (χ3n) is 5.72. The molecule has 2 heterocycles. The number of thiocarbonyl (C=S) groups is 1. The molecule has 0 spiro atoms. The zero-order chi connectivity index (χ0) is 25.2. The summed E-state index contributed by atoms with van der Waals surface area (Å²) in [5.74, 6) is 1.38. The van der Waals surface area contributed by atoms with Gasteiger partial charge in [0.15, 0.2) is 5.82 Å². The largest absolute Gasteiger partial charge is 0.524 e. The van der Waals surface area contributed by atoms with E-state index in [2.05, 4.69) is 38.8 Å². The molecule has 4 rings (SSSR count). The van der Waals surface area contributed by atoms with Crippen LogP contribution in [0, 0.1) is 6.92 Å². The van der Waals surface area contributed by atoms with Gasteiger partial charge in [-0.3, -0.25) is 9.79 Å². The SMILES string of the molecule is CCCCc1nc2c(N)nc3ccccc3c2n1Cc1cc(C)c(OP(=O)(O)O)c(CN=C=S)c1. The van der Waals surface area contributed by atoms with Crippen LogP contribution in [0.4, 0.5) is 5.82 Å². The highest BCUT2D eigenvalue weighted by molar-refractivity contribution is 7.78. The fourth-order valence-electron chi connectivity index (χ4n) is 4.29. The van der Waals surface area contributed by atoms with Crippen LogP contribution in [0.1, 0.15) is 42.3 Å². The topological polar surface area (TPSA) is 136 Å². The number of para-hydroxylation sites is 1. The molecule has 0 aliphatic rings. The van der Waals surface area contributed by atoms with Crippen molar-refractivity contribution in [1.29, 1.82) is 0 Å². The summed E-state index contributed by atoms with van der Waals surface area (Å²) in [5.41, 5.74) is 10.6. The van der Waals surface area contributed by atoms with Crippen LogP contribution in [0.25, 0.3) is 21.9 Å². The lowest BCUT2D eigenvalue weighted by atomic mass is 10.0. The van der Waals surface area contributed by atoms with E-state index in [-0.39, 0.29) is 12.3 Å². The van der Waals surface area contributed by atoms with Gasteiger partial charge in [0.25, 0.3) is 0 Å². The van der Waals surface area contributed by atoms with Crippen LogP contribution in [0.15, 0.2) is 41.4 Å². The number of nitrogens with zero attached hydrogens (tertiary/aromatic N) is 4. The zero-order valence-electron chi connectivity index (χ0n) is 19.4. The van der Waals surface area contributed by atoms with E-state index in [0.29, 0.717) is 29.0 Å². The van der Waals surface area contributed by atoms with Crippen molar-refractivity contribution in [2.75, 3.05) is 5.73 Å². The number of nitrogen functional groups attached to an aromatic ring is 1. The van der Waals surface area contributed by atoms with Gasteiger partial charge in [-0.05, 0) is 48.8 Å². The molecule has 0 atom stereocenters. The second kappa shape index (κ2) is 10.2. The molecule has 0 saturated carbocycles. The van der Waals surface area contributed by atoms with Crippen LogP contribution < -0.4 is 10.3 Å². The second-order valence-electron chi connectivity index (χ2n) is 8.32. The molecule has 0 fully saturated rings. The van der Waals surface area contributed by atoms with Gasteiger partial charge in [-0.25, -0.2) is 19.5 Å². The number of pyridine rings is 1. The Morgan fingerprint density at radius 3 is 2.74 bits per heavy atom. The number of nitrogens with two attached hydrogens (primary N) is 1. The van der Waals surface area contributed by atoms with Crippen molar-refractivity contribution in [3.8, 4) is 5.75 Å². The number of aliphatic imine (C=N–C) groups is 1. The summed E-state index contributed by atoms with van der Waals surface area (Å²) in [4.78, 5) is 32.1. The molecular formula is C24H26N5O4PS. The predicted molar refractivity (Wildman–Crippen MR) is 140 cm³/mol. The van der Waals surface area contributed by atoms with E-state index in [1.807, 2.05) is 36.4 Å². The average molecular weight is 512 g/mol. The lowest BCUT2D eigenvalue weighted by Gasteiger charge is -2.17. The number of phosphoric acid groups is 1. The maximum atomic E-state index is 11.5. The lowest BCUT2D eigenvalue weighted by Crippen LogP contribution is -2.07. The van der Waals surface area contributed by atoms with Crippen LogP contribution in [0.5, 0.6) is 5.75 Å². The summed E-state index contributed by atoms with van der Waals surface area (Å²) in [6.45, 7) is 4.42. The number of aryl methyl sites for hydroxylation is 2.